The molecule has 0 unspecified atom stereocenters. The zero-order valence-electron chi connectivity index (χ0n) is 13.4. The lowest BCUT2D eigenvalue weighted by Crippen LogP contribution is -2.32. The summed E-state index contributed by atoms with van der Waals surface area (Å²) in [7, 11) is 3.03. The minimum Gasteiger partial charge on any atom is -0.496 e. The van der Waals surface area contributed by atoms with Crippen LogP contribution >= 0.6 is 0 Å². The Kier molecular flexibility index (Phi) is 4.26. The van der Waals surface area contributed by atoms with Crippen LogP contribution in [0.25, 0.3) is 6.08 Å². The average molecular weight is 304 g/mol. The average Bonchev–Trinajstić information content (AvgIpc) is 2.43. The molecular weight excluding hydrogens is 284 g/mol. The van der Waals surface area contributed by atoms with E-state index in [-0.39, 0.29) is 5.78 Å². The maximum Gasteiger partial charge on any atom is 0.322 e. The third kappa shape index (κ3) is 2.98. The molecule has 0 radical (unpaired) electrons. The summed E-state index contributed by atoms with van der Waals surface area (Å²) in [6.45, 7) is 5.29. The van der Waals surface area contributed by atoms with Crippen molar-refractivity contribution in [2.75, 3.05) is 14.2 Å². The van der Waals surface area contributed by atoms with Crippen LogP contribution in [-0.4, -0.2) is 31.6 Å². The molecule has 0 aliphatic heterocycles. The first-order valence-corrected chi connectivity index (χ1v) is 6.98. The summed E-state index contributed by atoms with van der Waals surface area (Å²) in [5, 5.41) is 0. The number of allylic oxidation sites excluding steroid dienone is 1. The van der Waals surface area contributed by atoms with Gasteiger partial charge in [-0.15, -0.1) is 0 Å². The number of carbonyl (C=O) groups excluding carboxylic acids is 2. The Bertz CT molecular complexity index is 637. The highest BCUT2D eigenvalue weighted by Gasteiger charge is 2.38. The van der Waals surface area contributed by atoms with Crippen LogP contribution in [0.2, 0.25) is 0 Å². The molecule has 0 fully saturated rings. The molecule has 0 heterocycles. The molecule has 1 atom stereocenters. The van der Waals surface area contributed by atoms with Crippen molar-refractivity contribution in [1.82, 2.24) is 0 Å². The molecule has 0 N–H and O–H groups in total. The fraction of sp³-hybridized carbons (Fsp3) is 0.412. The number of fused-ring (bicyclic) bond motifs is 1. The van der Waals surface area contributed by atoms with Gasteiger partial charge >= 0.3 is 5.97 Å². The van der Waals surface area contributed by atoms with Crippen molar-refractivity contribution in [3.63, 3.8) is 0 Å². The largest absolute Gasteiger partial charge is 0.496 e. The van der Waals surface area contributed by atoms with Crippen LogP contribution in [0.3, 0.4) is 0 Å². The number of hydrogen-bond donors (Lipinski definition) is 0. The molecule has 0 aromatic heterocycles. The van der Waals surface area contributed by atoms with Crippen LogP contribution in [0.1, 0.15) is 37.8 Å². The second-order valence-electron chi connectivity index (χ2n) is 6.00. The van der Waals surface area contributed by atoms with E-state index in [0.717, 1.165) is 0 Å². The van der Waals surface area contributed by atoms with Gasteiger partial charge in [0, 0.05) is 11.1 Å². The first-order chi connectivity index (χ1) is 10.3. The minimum absolute atomic E-state index is 0.326. The molecule has 22 heavy (non-hydrogen) atoms. The first kappa shape index (κ1) is 16.1. The SMILES string of the molecule is COc1ccc(OC)c2c1C=CC(=O)[C@H]2C(=O)OC(C)(C)C. The van der Waals surface area contributed by atoms with Crippen molar-refractivity contribution >= 4 is 17.8 Å². The van der Waals surface area contributed by atoms with Crippen molar-refractivity contribution in [1.29, 1.82) is 0 Å². The molecule has 1 aromatic carbocycles. The summed E-state index contributed by atoms with van der Waals surface area (Å²) < 4.78 is 16.0. The number of esters is 1. The molecule has 0 saturated carbocycles. The van der Waals surface area contributed by atoms with Gasteiger partial charge in [-0.2, -0.15) is 0 Å². The molecule has 1 aliphatic carbocycles. The predicted molar refractivity (Wildman–Crippen MR) is 82.2 cm³/mol. The third-order valence-electron chi connectivity index (χ3n) is 3.28. The number of ether oxygens (including phenoxy) is 3. The minimum atomic E-state index is -1.04. The topological polar surface area (TPSA) is 61.8 Å². The maximum absolute atomic E-state index is 12.5. The van der Waals surface area contributed by atoms with Crippen LogP contribution in [-0.2, 0) is 14.3 Å². The molecule has 0 spiro atoms. The monoisotopic (exact) mass is 304 g/mol. The van der Waals surface area contributed by atoms with E-state index in [0.29, 0.717) is 22.6 Å². The summed E-state index contributed by atoms with van der Waals surface area (Å²) in [4.78, 5) is 24.7. The van der Waals surface area contributed by atoms with E-state index >= 15 is 0 Å². The van der Waals surface area contributed by atoms with Crippen LogP contribution < -0.4 is 9.47 Å². The summed E-state index contributed by atoms with van der Waals surface area (Å²) in [5.41, 5.74) is 0.478. The van der Waals surface area contributed by atoms with Gasteiger partial charge < -0.3 is 14.2 Å². The first-order valence-electron chi connectivity index (χ1n) is 6.98. The van der Waals surface area contributed by atoms with Gasteiger partial charge in [-0.3, -0.25) is 9.59 Å². The van der Waals surface area contributed by atoms with Gasteiger partial charge in [-0.1, -0.05) is 0 Å². The Morgan fingerprint density at radius 1 is 1.05 bits per heavy atom. The lowest BCUT2D eigenvalue weighted by molar-refractivity contribution is -0.158. The standard InChI is InChI=1S/C17H20O5/c1-17(2,3)22-16(19)15-11(18)7-6-10-12(20-4)8-9-13(21-5)14(10)15/h6-9,15H,1-5H3/t15-/m1/s1. The smallest absolute Gasteiger partial charge is 0.322 e. The highest BCUT2D eigenvalue weighted by atomic mass is 16.6. The second kappa shape index (κ2) is 5.83. The lowest BCUT2D eigenvalue weighted by atomic mass is 9.84. The van der Waals surface area contributed by atoms with Gasteiger partial charge in [0.15, 0.2) is 5.78 Å². The second-order valence-corrected chi connectivity index (χ2v) is 6.00. The van der Waals surface area contributed by atoms with Gasteiger partial charge in [0.2, 0.25) is 0 Å². The Hall–Kier alpha value is -2.30. The van der Waals surface area contributed by atoms with Crippen molar-refractivity contribution < 1.29 is 23.8 Å². The van der Waals surface area contributed by atoms with Crippen LogP contribution in [0.15, 0.2) is 18.2 Å². The Morgan fingerprint density at radius 2 is 1.64 bits per heavy atom. The fourth-order valence-electron chi connectivity index (χ4n) is 2.42. The molecule has 0 bridgehead atoms. The predicted octanol–water partition coefficient (Wildman–Crippen LogP) is 2.73. The van der Waals surface area contributed by atoms with E-state index in [9.17, 15) is 9.59 Å². The van der Waals surface area contributed by atoms with Gasteiger partial charge in [0.05, 0.1) is 14.2 Å². The lowest BCUT2D eigenvalue weighted by Gasteiger charge is -2.27. The molecule has 5 heteroatoms. The van der Waals surface area contributed by atoms with E-state index in [1.165, 1.54) is 20.3 Å². The number of ketones is 1. The van der Waals surface area contributed by atoms with E-state index in [4.69, 9.17) is 14.2 Å². The molecule has 2 rings (SSSR count). The summed E-state index contributed by atoms with van der Waals surface area (Å²) in [6.07, 6.45) is 3.01. The van der Waals surface area contributed by atoms with E-state index in [1.54, 1.807) is 39.0 Å². The molecule has 0 amide bonds. The molecule has 5 nitrogen and oxygen atoms in total. The zero-order chi connectivity index (χ0) is 16.5. The Balaban J connectivity index is 2.57. The zero-order valence-corrected chi connectivity index (χ0v) is 13.4. The van der Waals surface area contributed by atoms with Crippen molar-refractivity contribution in [3.05, 3.63) is 29.3 Å². The normalized spacial score (nSPS) is 17.0. The van der Waals surface area contributed by atoms with E-state index < -0.39 is 17.5 Å². The summed E-state index contributed by atoms with van der Waals surface area (Å²) in [6, 6.07) is 3.42. The Labute approximate surface area is 129 Å². The van der Waals surface area contributed by atoms with E-state index in [1.807, 2.05) is 0 Å². The van der Waals surface area contributed by atoms with Gasteiger partial charge in [-0.05, 0) is 45.1 Å². The fourth-order valence-corrected chi connectivity index (χ4v) is 2.42. The third-order valence-corrected chi connectivity index (χ3v) is 3.28. The van der Waals surface area contributed by atoms with E-state index in [2.05, 4.69) is 0 Å². The van der Waals surface area contributed by atoms with Crippen molar-refractivity contribution in [2.24, 2.45) is 0 Å². The van der Waals surface area contributed by atoms with Gasteiger partial charge in [-0.25, -0.2) is 0 Å². The van der Waals surface area contributed by atoms with Crippen LogP contribution in [0.4, 0.5) is 0 Å². The van der Waals surface area contributed by atoms with Crippen molar-refractivity contribution in [3.8, 4) is 11.5 Å². The maximum atomic E-state index is 12.5. The Morgan fingerprint density at radius 3 is 2.18 bits per heavy atom. The number of benzene rings is 1. The molecule has 0 saturated heterocycles. The molecule has 1 aliphatic rings. The molecular formula is C17H20O5. The highest BCUT2D eigenvalue weighted by Crippen LogP contribution is 2.41. The van der Waals surface area contributed by atoms with Gasteiger partial charge in [0.1, 0.15) is 23.0 Å². The van der Waals surface area contributed by atoms with Crippen LogP contribution in [0.5, 0.6) is 11.5 Å². The molecule has 118 valence electrons. The quantitative estimate of drug-likeness (QED) is 0.634. The number of methoxy groups -OCH3 is 2. The number of carbonyl (C=O) groups is 2. The van der Waals surface area contributed by atoms with Gasteiger partial charge in [0.25, 0.3) is 0 Å². The van der Waals surface area contributed by atoms with Crippen molar-refractivity contribution in [2.45, 2.75) is 32.3 Å². The number of hydrogen-bond acceptors (Lipinski definition) is 5. The van der Waals surface area contributed by atoms with Crippen LogP contribution in [0, 0.1) is 0 Å². The summed E-state index contributed by atoms with van der Waals surface area (Å²) in [5.74, 6) is -0.912. The molecule has 1 aromatic rings. The number of rotatable bonds is 3. The summed E-state index contributed by atoms with van der Waals surface area (Å²) >= 11 is 0. The highest BCUT2D eigenvalue weighted by molar-refractivity contribution is 6.14.